The first-order chi connectivity index (χ1) is 10.9. The molecular formula is C17H16ClNO4. The van der Waals surface area contributed by atoms with Gasteiger partial charge >= 0.3 is 0 Å². The SMILES string of the molecule is COc1ccc(C(=O)c2cc(C=O)c(N)c(Cl)c2C)cc1OC. The van der Waals surface area contributed by atoms with E-state index in [0.717, 1.165) is 0 Å². The molecule has 23 heavy (non-hydrogen) atoms. The van der Waals surface area contributed by atoms with Crippen molar-refractivity contribution in [3.63, 3.8) is 0 Å². The second kappa shape index (κ2) is 6.71. The topological polar surface area (TPSA) is 78.6 Å². The van der Waals surface area contributed by atoms with E-state index in [-0.39, 0.29) is 22.1 Å². The number of rotatable bonds is 5. The molecule has 2 aromatic carbocycles. The van der Waals surface area contributed by atoms with Gasteiger partial charge in [0.25, 0.3) is 0 Å². The lowest BCUT2D eigenvalue weighted by Gasteiger charge is -2.13. The zero-order valence-electron chi connectivity index (χ0n) is 13.0. The molecule has 0 heterocycles. The number of hydrogen-bond acceptors (Lipinski definition) is 5. The van der Waals surface area contributed by atoms with Crippen LogP contribution in [-0.2, 0) is 0 Å². The molecule has 0 aliphatic rings. The fraction of sp³-hybridized carbons (Fsp3) is 0.176. The van der Waals surface area contributed by atoms with Gasteiger partial charge in [0.15, 0.2) is 23.6 Å². The molecule has 2 aromatic rings. The van der Waals surface area contributed by atoms with Crippen LogP contribution in [0.4, 0.5) is 5.69 Å². The summed E-state index contributed by atoms with van der Waals surface area (Å²) in [5.74, 6) is 0.672. The molecule has 0 saturated carbocycles. The van der Waals surface area contributed by atoms with Gasteiger partial charge in [-0.3, -0.25) is 9.59 Å². The lowest BCUT2D eigenvalue weighted by atomic mass is 9.96. The molecule has 0 spiro atoms. The van der Waals surface area contributed by atoms with Gasteiger partial charge < -0.3 is 15.2 Å². The Morgan fingerprint density at radius 3 is 2.39 bits per heavy atom. The van der Waals surface area contributed by atoms with Crippen LogP contribution in [0.3, 0.4) is 0 Å². The molecule has 0 saturated heterocycles. The highest BCUT2D eigenvalue weighted by Crippen LogP contribution is 2.32. The maximum Gasteiger partial charge on any atom is 0.193 e. The van der Waals surface area contributed by atoms with E-state index in [9.17, 15) is 9.59 Å². The summed E-state index contributed by atoms with van der Waals surface area (Å²) in [6, 6.07) is 6.28. The van der Waals surface area contributed by atoms with Gasteiger partial charge in [0.2, 0.25) is 0 Å². The fourth-order valence-electron chi connectivity index (χ4n) is 2.25. The van der Waals surface area contributed by atoms with Crippen molar-refractivity contribution in [1.29, 1.82) is 0 Å². The minimum Gasteiger partial charge on any atom is -0.493 e. The number of carbonyl (C=O) groups excluding carboxylic acids is 2. The van der Waals surface area contributed by atoms with Crippen LogP contribution in [0.1, 0.15) is 31.8 Å². The van der Waals surface area contributed by atoms with Crippen LogP contribution in [0.2, 0.25) is 5.02 Å². The number of benzene rings is 2. The fourth-order valence-corrected chi connectivity index (χ4v) is 2.47. The number of carbonyl (C=O) groups is 2. The molecular weight excluding hydrogens is 318 g/mol. The Morgan fingerprint density at radius 1 is 1.17 bits per heavy atom. The van der Waals surface area contributed by atoms with Crippen molar-refractivity contribution in [2.24, 2.45) is 0 Å². The highest BCUT2D eigenvalue weighted by atomic mass is 35.5. The van der Waals surface area contributed by atoms with Crippen molar-refractivity contribution in [2.45, 2.75) is 6.92 Å². The predicted molar refractivity (Wildman–Crippen MR) is 89.0 cm³/mol. The highest BCUT2D eigenvalue weighted by molar-refractivity contribution is 6.35. The minimum absolute atomic E-state index is 0.169. The van der Waals surface area contributed by atoms with Gasteiger partial charge in [0, 0.05) is 16.7 Å². The number of methoxy groups -OCH3 is 2. The first-order valence-electron chi connectivity index (χ1n) is 6.75. The molecule has 5 nitrogen and oxygen atoms in total. The molecule has 2 rings (SSSR count). The smallest absolute Gasteiger partial charge is 0.193 e. The molecule has 0 unspecified atom stereocenters. The van der Waals surface area contributed by atoms with Crippen molar-refractivity contribution < 1.29 is 19.1 Å². The lowest BCUT2D eigenvalue weighted by Crippen LogP contribution is -2.08. The van der Waals surface area contributed by atoms with E-state index in [2.05, 4.69) is 0 Å². The summed E-state index contributed by atoms with van der Waals surface area (Å²) in [7, 11) is 3.00. The molecule has 6 heteroatoms. The van der Waals surface area contributed by atoms with E-state index < -0.39 is 0 Å². The Morgan fingerprint density at radius 2 is 1.83 bits per heavy atom. The third kappa shape index (κ3) is 3.00. The van der Waals surface area contributed by atoms with E-state index in [0.29, 0.717) is 34.5 Å². The van der Waals surface area contributed by atoms with Crippen LogP contribution in [0.25, 0.3) is 0 Å². The van der Waals surface area contributed by atoms with Crippen LogP contribution in [0, 0.1) is 6.92 Å². The average Bonchev–Trinajstić information content (AvgIpc) is 2.58. The molecule has 0 aromatic heterocycles. The third-order valence-corrected chi connectivity index (χ3v) is 4.08. The van der Waals surface area contributed by atoms with Gasteiger partial charge in [-0.25, -0.2) is 0 Å². The Kier molecular flexibility index (Phi) is 4.91. The first kappa shape index (κ1) is 16.8. The molecule has 0 amide bonds. The summed E-state index contributed by atoms with van der Waals surface area (Å²) in [6.45, 7) is 1.68. The van der Waals surface area contributed by atoms with Crippen molar-refractivity contribution >= 4 is 29.4 Å². The molecule has 0 aliphatic heterocycles. The van der Waals surface area contributed by atoms with Crippen LogP contribution >= 0.6 is 11.6 Å². The number of ether oxygens (including phenoxy) is 2. The third-order valence-electron chi connectivity index (χ3n) is 3.60. The number of ketones is 1. The molecule has 120 valence electrons. The van der Waals surface area contributed by atoms with E-state index in [1.54, 1.807) is 25.1 Å². The summed E-state index contributed by atoms with van der Waals surface area (Å²) in [5, 5.41) is 0.207. The van der Waals surface area contributed by atoms with E-state index in [4.69, 9.17) is 26.8 Å². The van der Waals surface area contributed by atoms with Gasteiger partial charge in [-0.2, -0.15) is 0 Å². The standard InChI is InChI=1S/C17H16ClNO4/c1-9-12(6-11(8-20)16(19)15(9)18)17(21)10-4-5-13(22-2)14(7-10)23-3/h4-8H,19H2,1-3H3. The molecule has 0 atom stereocenters. The van der Waals surface area contributed by atoms with Crippen LogP contribution < -0.4 is 15.2 Å². The van der Waals surface area contributed by atoms with Crippen LogP contribution in [-0.4, -0.2) is 26.3 Å². The second-order valence-electron chi connectivity index (χ2n) is 4.88. The van der Waals surface area contributed by atoms with Gasteiger partial charge in [-0.05, 0) is 36.8 Å². The number of halogens is 1. The van der Waals surface area contributed by atoms with Gasteiger partial charge in [0.1, 0.15) is 0 Å². The van der Waals surface area contributed by atoms with Crippen LogP contribution in [0.5, 0.6) is 11.5 Å². The van der Waals surface area contributed by atoms with E-state index >= 15 is 0 Å². The number of nitrogens with two attached hydrogens (primary N) is 1. The second-order valence-corrected chi connectivity index (χ2v) is 5.26. The Hall–Kier alpha value is -2.53. The molecule has 0 bridgehead atoms. The first-order valence-corrected chi connectivity index (χ1v) is 7.12. The van der Waals surface area contributed by atoms with Crippen molar-refractivity contribution in [2.75, 3.05) is 20.0 Å². The number of aldehydes is 1. The normalized spacial score (nSPS) is 10.3. The van der Waals surface area contributed by atoms with Gasteiger partial charge in [-0.15, -0.1) is 0 Å². The minimum atomic E-state index is -0.284. The molecule has 0 fully saturated rings. The maximum atomic E-state index is 12.8. The van der Waals surface area contributed by atoms with Crippen molar-refractivity contribution in [3.05, 3.63) is 51.5 Å². The molecule has 0 radical (unpaired) electrons. The Labute approximate surface area is 139 Å². The number of hydrogen-bond donors (Lipinski definition) is 1. The predicted octanol–water partition coefficient (Wildman–Crippen LogP) is 3.29. The van der Waals surface area contributed by atoms with Crippen molar-refractivity contribution in [1.82, 2.24) is 0 Å². The molecule has 2 N–H and O–H groups in total. The summed E-state index contributed by atoms with van der Waals surface area (Å²) in [5.41, 5.74) is 7.36. The number of anilines is 1. The highest BCUT2D eigenvalue weighted by Gasteiger charge is 2.19. The van der Waals surface area contributed by atoms with Gasteiger partial charge in [0.05, 0.1) is 24.9 Å². The summed E-state index contributed by atoms with van der Waals surface area (Å²) >= 11 is 6.12. The summed E-state index contributed by atoms with van der Waals surface area (Å²) in [4.78, 5) is 23.9. The zero-order chi connectivity index (χ0) is 17.1. The summed E-state index contributed by atoms with van der Waals surface area (Å²) < 4.78 is 10.4. The van der Waals surface area contributed by atoms with E-state index in [1.807, 2.05) is 0 Å². The van der Waals surface area contributed by atoms with Gasteiger partial charge in [-0.1, -0.05) is 11.6 Å². The number of nitrogen functional groups attached to an aromatic ring is 1. The maximum absolute atomic E-state index is 12.8. The lowest BCUT2D eigenvalue weighted by molar-refractivity contribution is 0.103. The zero-order valence-corrected chi connectivity index (χ0v) is 13.7. The van der Waals surface area contributed by atoms with Crippen LogP contribution in [0.15, 0.2) is 24.3 Å². The quantitative estimate of drug-likeness (QED) is 0.516. The Bertz CT molecular complexity index is 787. The average molecular weight is 334 g/mol. The van der Waals surface area contributed by atoms with E-state index in [1.165, 1.54) is 20.3 Å². The molecule has 0 aliphatic carbocycles. The Balaban J connectivity index is 2.57. The summed E-state index contributed by atoms with van der Waals surface area (Å²) in [6.07, 6.45) is 0.575. The van der Waals surface area contributed by atoms with Crippen molar-refractivity contribution in [3.8, 4) is 11.5 Å². The monoisotopic (exact) mass is 333 g/mol. The largest absolute Gasteiger partial charge is 0.493 e.